The van der Waals surface area contributed by atoms with Crippen LogP contribution >= 0.6 is 11.8 Å². The normalized spacial score (nSPS) is 19.6. The highest BCUT2D eigenvalue weighted by Gasteiger charge is 2.24. The second-order valence-corrected chi connectivity index (χ2v) is 7.94. The van der Waals surface area contributed by atoms with Crippen molar-refractivity contribution in [2.24, 2.45) is 0 Å². The molecule has 1 aromatic rings. The van der Waals surface area contributed by atoms with E-state index in [1.54, 1.807) is 24.0 Å². The van der Waals surface area contributed by atoms with Gasteiger partial charge >= 0.3 is 0 Å². The van der Waals surface area contributed by atoms with E-state index in [0.29, 0.717) is 11.4 Å². The summed E-state index contributed by atoms with van der Waals surface area (Å²) in [6, 6.07) is 1.85. The third kappa shape index (κ3) is 3.78. The monoisotopic (exact) mass is 317 g/mol. The van der Waals surface area contributed by atoms with E-state index in [4.69, 9.17) is 0 Å². The smallest absolute Gasteiger partial charge is 0.242 e. The molecule has 20 heavy (non-hydrogen) atoms. The molecule has 2 N–H and O–H groups in total. The van der Waals surface area contributed by atoms with Crippen molar-refractivity contribution in [3.8, 4) is 0 Å². The van der Waals surface area contributed by atoms with Crippen molar-refractivity contribution in [1.82, 2.24) is 14.6 Å². The maximum absolute atomic E-state index is 12.4. The Morgan fingerprint density at radius 2 is 2.30 bits per heavy atom. The summed E-state index contributed by atoms with van der Waals surface area (Å²) in [5.74, 6) is 1.91. The van der Waals surface area contributed by atoms with Crippen molar-refractivity contribution in [2.75, 3.05) is 18.6 Å². The van der Waals surface area contributed by atoms with Gasteiger partial charge in [-0.15, -0.1) is 0 Å². The fraction of sp³-hybridized carbons (Fsp3) is 0.692. The fourth-order valence-corrected chi connectivity index (χ4v) is 4.96. The molecule has 7 heteroatoms. The van der Waals surface area contributed by atoms with Gasteiger partial charge in [-0.3, -0.25) is 0 Å². The molecule has 0 aromatic carbocycles. The topological polar surface area (TPSA) is 63.1 Å². The highest BCUT2D eigenvalue weighted by atomic mass is 32.2. The van der Waals surface area contributed by atoms with E-state index >= 15 is 0 Å². The number of sulfonamides is 1. The van der Waals surface area contributed by atoms with Gasteiger partial charge in [0.05, 0.1) is 4.90 Å². The number of hydrogen-bond donors (Lipinski definition) is 2. The Morgan fingerprint density at radius 3 is 2.90 bits per heavy atom. The molecule has 1 atom stereocenters. The molecule has 1 unspecified atom stereocenters. The van der Waals surface area contributed by atoms with Gasteiger partial charge in [0.2, 0.25) is 10.0 Å². The van der Waals surface area contributed by atoms with Gasteiger partial charge in [-0.1, -0.05) is 6.92 Å². The Morgan fingerprint density at radius 1 is 1.50 bits per heavy atom. The standard InChI is InChI=1S/C13H23N3O2S2/c1-3-5-16-9-13(7-12(16)8-14-2)20(17,18)15-11-4-6-19-10-11/h7,9,11,14-15H,3-6,8,10H2,1-2H3. The Bertz CT molecular complexity index is 510. The highest BCUT2D eigenvalue weighted by molar-refractivity contribution is 7.99. The molecular weight excluding hydrogens is 294 g/mol. The first-order valence-electron chi connectivity index (χ1n) is 7.00. The molecule has 2 heterocycles. The molecular formula is C13H23N3O2S2. The summed E-state index contributed by atoms with van der Waals surface area (Å²) in [5, 5.41) is 3.08. The molecule has 0 saturated carbocycles. The summed E-state index contributed by atoms with van der Waals surface area (Å²) >= 11 is 1.80. The molecule has 1 saturated heterocycles. The Hall–Kier alpha value is -0.500. The number of aryl methyl sites for hydroxylation is 1. The van der Waals surface area contributed by atoms with Crippen LogP contribution in [0.5, 0.6) is 0 Å². The number of nitrogens with zero attached hydrogens (tertiary/aromatic N) is 1. The maximum atomic E-state index is 12.4. The van der Waals surface area contributed by atoms with Crippen LogP contribution in [0.2, 0.25) is 0 Å². The van der Waals surface area contributed by atoms with E-state index in [-0.39, 0.29) is 6.04 Å². The van der Waals surface area contributed by atoms with Crippen LogP contribution in [0.1, 0.15) is 25.5 Å². The van der Waals surface area contributed by atoms with Gasteiger partial charge in [-0.2, -0.15) is 11.8 Å². The summed E-state index contributed by atoms with van der Waals surface area (Å²) in [6.45, 7) is 3.60. The number of thioether (sulfide) groups is 1. The van der Waals surface area contributed by atoms with Gasteiger partial charge in [0.15, 0.2) is 0 Å². The first-order valence-corrected chi connectivity index (χ1v) is 9.64. The van der Waals surface area contributed by atoms with Gasteiger partial charge in [0.1, 0.15) is 0 Å². The summed E-state index contributed by atoms with van der Waals surface area (Å²) < 4.78 is 29.7. The van der Waals surface area contributed by atoms with Crippen LogP contribution in [-0.2, 0) is 23.1 Å². The van der Waals surface area contributed by atoms with Crippen molar-refractivity contribution in [1.29, 1.82) is 0 Å². The third-order valence-corrected chi connectivity index (χ3v) is 6.00. The molecule has 0 spiro atoms. The molecule has 0 radical (unpaired) electrons. The van der Waals surface area contributed by atoms with Crippen molar-refractivity contribution in [3.05, 3.63) is 18.0 Å². The molecule has 114 valence electrons. The fourth-order valence-electron chi connectivity index (χ4n) is 2.37. The first kappa shape index (κ1) is 15.9. The van der Waals surface area contributed by atoms with Crippen LogP contribution in [0.4, 0.5) is 0 Å². The summed E-state index contributed by atoms with van der Waals surface area (Å²) in [5.41, 5.74) is 1.01. The van der Waals surface area contributed by atoms with Crippen LogP contribution in [-0.4, -0.2) is 37.6 Å². The molecule has 0 amide bonds. The molecule has 0 aliphatic carbocycles. The van der Waals surface area contributed by atoms with Gasteiger partial charge < -0.3 is 9.88 Å². The number of hydrogen-bond acceptors (Lipinski definition) is 4. The van der Waals surface area contributed by atoms with E-state index in [9.17, 15) is 8.42 Å². The molecule has 0 bridgehead atoms. The Balaban J connectivity index is 2.19. The quantitative estimate of drug-likeness (QED) is 0.798. The van der Waals surface area contributed by atoms with Gasteiger partial charge in [-0.05, 0) is 31.7 Å². The number of nitrogens with one attached hydrogen (secondary N) is 2. The molecule has 1 aliphatic rings. The third-order valence-electron chi connectivity index (χ3n) is 3.35. The molecule has 1 aliphatic heterocycles. The molecule has 1 aromatic heterocycles. The Labute approximate surface area is 125 Å². The SMILES string of the molecule is CCCn1cc(S(=O)(=O)NC2CCSC2)cc1CNC. The Kier molecular flexibility index (Phi) is 5.54. The second-order valence-electron chi connectivity index (χ2n) is 5.07. The predicted octanol–water partition coefficient (Wildman–Crippen LogP) is 1.40. The lowest BCUT2D eigenvalue weighted by Gasteiger charge is -2.10. The summed E-state index contributed by atoms with van der Waals surface area (Å²) in [6.07, 6.45) is 3.65. The van der Waals surface area contributed by atoms with Gasteiger partial charge in [0.25, 0.3) is 0 Å². The van der Waals surface area contributed by atoms with Crippen LogP contribution < -0.4 is 10.0 Å². The van der Waals surface area contributed by atoms with Crippen molar-refractivity contribution in [2.45, 2.75) is 43.8 Å². The van der Waals surface area contributed by atoms with E-state index in [1.165, 1.54) is 0 Å². The average Bonchev–Trinajstić information content (AvgIpc) is 3.01. The molecule has 1 fully saturated rings. The van der Waals surface area contributed by atoms with Crippen molar-refractivity contribution >= 4 is 21.8 Å². The highest BCUT2D eigenvalue weighted by Crippen LogP contribution is 2.21. The summed E-state index contributed by atoms with van der Waals surface area (Å²) in [4.78, 5) is 0.383. The number of rotatable bonds is 7. The average molecular weight is 317 g/mol. The van der Waals surface area contributed by atoms with Gasteiger partial charge in [0, 0.05) is 36.8 Å². The lowest BCUT2D eigenvalue weighted by atomic mass is 10.3. The van der Waals surface area contributed by atoms with Crippen LogP contribution in [0.15, 0.2) is 17.2 Å². The van der Waals surface area contributed by atoms with Crippen LogP contribution in [0.25, 0.3) is 0 Å². The molecule has 5 nitrogen and oxygen atoms in total. The zero-order chi connectivity index (χ0) is 14.6. The van der Waals surface area contributed by atoms with E-state index in [1.807, 2.05) is 11.6 Å². The van der Waals surface area contributed by atoms with E-state index in [0.717, 1.165) is 36.6 Å². The van der Waals surface area contributed by atoms with Crippen LogP contribution in [0, 0.1) is 0 Å². The zero-order valence-corrected chi connectivity index (χ0v) is 13.7. The zero-order valence-electron chi connectivity index (χ0n) is 12.1. The van der Waals surface area contributed by atoms with Gasteiger partial charge in [-0.25, -0.2) is 13.1 Å². The minimum absolute atomic E-state index is 0.0762. The van der Waals surface area contributed by atoms with Crippen molar-refractivity contribution in [3.63, 3.8) is 0 Å². The number of aromatic nitrogens is 1. The van der Waals surface area contributed by atoms with E-state index in [2.05, 4.69) is 17.0 Å². The second kappa shape index (κ2) is 6.98. The molecule has 2 rings (SSSR count). The van der Waals surface area contributed by atoms with E-state index < -0.39 is 10.0 Å². The lowest BCUT2D eigenvalue weighted by molar-refractivity contribution is 0.562. The summed E-state index contributed by atoms with van der Waals surface area (Å²) in [7, 11) is -1.53. The minimum Gasteiger partial charge on any atom is -0.349 e. The minimum atomic E-state index is -3.39. The first-order chi connectivity index (χ1) is 9.56. The van der Waals surface area contributed by atoms with Crippen LogP contribution in [0.3, 0.4) is 0 Å². The largest absolute Gasteiger partial charge is 0.349 e. The maximum Gasteiger partial charge on any atom is 0.242 e. The van der Waals surface area contributed by atoms with Crippen molar-refractivity contribution < 1.29 is 8.42 Å². The predicted molar refractivity (Wildman–Crippen MR) is 83.5 cm³/mol. The lowest BCUT2D eigenvalue weighted by Crippen LogP contribution is -2.34.